The fraction of sp³-hybridized carbons (Fsp3) is 0.0667. The molecule has 0 aliphatic carbocycles. The molecular weight excluding hydrogens is 262 g/mol. The van der Waals surface area contributed by atoms with Crippen LogP contribution in [-0.4, -0.2) is 12.2 Å². The van der Waals surface area contributed by atoms with Crippen LogP contribution >= 0.6 is 11.6 Å². The summed E-state index contributed by atoms with van der Waals surface area (Å²) in [6, 6.07) is 14.1. The summed E-state index contributed by atoms with van der Waals surface area (Å²) in [6.45, 7) is 0. The Hall–Kier alpha value is -2.13. The number of carbonyl (C=O) groups excluding carboxylic acids is 2. The molecule has 0 saturated heterocycles. The Morgan fingerprint density at radius 1 is 1.16 bits per heavy atom. The number of nitrogens with one attached hydrogen (secondary N) is 1. The van der Waals surface area contributed by atoms with Crippen molar-refractivity contribution in [3.8, 4) is 0 Å². The number of hydrogen-bond donors (Lipinski definition) is 1. The van der Waals surface area contributed by atoms with Crippen molar-refractivity contribution < 1.29 is 9.59 Å². The van der Waals surface area contributed by atoms with Crippen molar-refractivity contribution in [3.05, 3.63) is 64.7 Å². The summed E-state index contributed by atoms with van der Waals surface area (Å²) in [6.07, 6.45) is 0.945. The highest BCUT2D eigenvalue weighted by Crippen LogP contribution is 2.20. The number of hydrogen-bond acceptors (Lipinski definition) is 2. The lowest BCUT2D eigenvalue weighted by Gasteiger charge is -2.08. The van der Waals surface area contributed by atoms with Crippen LogP contribution in [0.25, 0.3) is 0 Å². The Bertz CT molecular complexity index is 596. The van der Waals surface area contributed by atoms with Crippen LogP contribution < -0.4 is 5.32 Å². The molecule has 2 aromatic carbocycles. The zero-order chi connectivity index (χ0) is 13.7. The standard InChI is InChI=1S/C15H12ClNO2/c16-13-7-6-12(10-18)14(9-13)17-15(19)8-11-4-2-1-3-5-11/h1-7,9-10H,8H2,(H,17,19). The molecule has 3 nitrogen and oxygen atoms in total. The van der Waals surface area contributed by atoms with Gasteiger partial charge in [-0.25, -0.2) is 0 Å². The predicted molar refractivity (Wildman–Crippen MR) is 75.6 cm³/mol. The van der Waals surface area contributed by atoms with Crippen molar-refractivity contribution in [1.29, 1.82) is 0 Å². The van der Waals surface area contributed by atoms with E-state index >= 15 is 0 Å². The Morgan fingerprint density at radius 3 is 2.58 bits per heavy atom. The van der Waals surface area contributed by atoms with Crippen molar-refractivity contribution >= 4 is 29.5 Å². The lowest BCUT2D eigenvalue weighted by atomic mass is 10.1. The average Bonchev–Trinajstić information content (AvgIpc) is 2.40. The number of benzene rings is 2. The van der Waals surface area contributed by atoms with Gasteiger partial charge in [-0.1, -0.05) is 41.9 Å². The highest BCUT2D eigenvalue weighted by Gasteiger charge is 2.08. The first kappa shape index (κ1) is 13.3. The first-order chi connectivity index (χ1) is 9.19. The molecule has 0 aliphatic rings. The predicted octanol–water partition coefficient (Wildman–Crippen LogP) is 3.33. The average molecular weight is 274 g/mol. The van der Waals surface area contributed by atoms with Crippen LogP contribution in [0, 0.1) is 0 Å². The summed E-state index contributed by atoms with van der Waals surface area (Å²) >= 11 is 5.85. The molecule has 0 radical (unpaired) electrons. The molecular formula is C15H12ClNO2. The van der Waals surface area contributed by atoms with Gasteiger partial charge in [-0.2, -0.15) is 0 Å². The summed E-state index contributed by atoms with van der Waals surface area (Å²) in [5.41, 5.74) is 1.75. The van der Waals surface area contributed by atoms with Crippen LogP contribution in [-0.2, 0) is 11.2 Å². The van der Waals surface area contributed by atoms with Gasteiger partial charge in [0.1, 0.15) is 0 Å². The second-order valence-corrected chi connectivity index (χ2v) is 4.50. The zero-order valence-corrected chi connectivity index (χ0v) is 10.9. The highest BCUT2D eigenvalue weighted by atomic mass is 35.5. The summed E-state index contributed by atoms with van der Waals surface area (Å²) in [4.78, 5) is 22.8. The summed E-state index contributed by atoms with van der Waals surface area (Å²) in [5, 5.41) is 3.17. The minimum Gasteiger partial charge on any atom is -0.325 e. The molecule has 0 saturated carbocycles. The summed E-state index contributed by atoms with van der Waals surface area (Å²) < 4.78 is 0. The topological polar surface area (TPSA) is 46.2 Å². The number of aldehydes is 1. The van der Waals surface area contributed by atoms with Crippen LogP contribution in [0.1, 0.15) is 15.9 Å². The van der Waals surface area contributed by atoms with Gasteiger partial charge in [0.05, 0.1) is 12.1 Å². The third-order valence-electron chi connectivity index (χ3n) is 2.62. The van der Waals surface area contributed by atoms with E-state index in [0.29, 0.717) is 22.6 Å². The summed E-state index contributed by atoms with van der Waals surface area (Å²) in [5.74, 6) is -0.184. The molecule has 0 aliphatic heterocycles. The number of carbonyl (C=O) groups is 2. The number of anilines is 1. The van der Waals surface area contributed by atoms with Crippen LogP contribution in [0.5, 0.6) is 0 Å². The van der Waals surface area contributed by atoms with Gasteiger partial charge >= 0.3 is 0 Å². The van der Waals surface area contributed by atoms with E-state index in [0.717, 1.165) is 5.56 Å². The first-order valence-corrected chi connectivity index (χ1v) is 6.15. The molecule has 0 bridgehead atoms. The van der Waals surface area contributed by atoms with Gasteiger partial charge < -0.3 is 5.32 Å². The van der Waals surface area contributed by atoms with E-state index in [4.69, 9.17) is 11.6 Å². The molecule has 0 atom stereocenters. The van der Waals surface area contributed by atoms with Gasteiger partial charge in [-0.3, -0.25) is 9.59 Å². The van der Waals surface area contributed by atoms with Crippen LogP contribution in [0.15, 0.2) is 48.5 Å². The third-order valence-corrected chi connectivity index (χ3v) is 2.86. The van der Waals surface area contributed by atoms with E-state index in [2.05, 4.69) is 5.32 Å². The van der Waals surface area contributed by atoms with E-state index < -0.39 is 0 Å². The molecule has 0 heterocycles. The minimum absolute atomic E-state index is 0.184. The van der Waals surface area contributed by atoms with Crippen LogP contribution in [0.4, 0.5) is 5.69 Å². The number of amides is 1. The van der Waals surface area contributed by atoms with Gasteiger partial charge in [-0.05, 0) is 23.8 Å². The molecule has 19 heavy (non-hydrogen) atoms. The largest absolute Gasteiger partial charge is 0.325 e. The monoisotopic (exact) mass is 273 g/mol. The quantitative estimate of drug-likeness (QED) is 0.869. The zero-order valence-electron chi connectivity index (χ0n) is 10.1. The van der Waals surface area contributed by atoms with E-state index in [9.17, 15) is 9.59 Å². The van der Waals surface area contributed by atoms with Crippen molar-refractivity contribution in [3.63, 3.8) is 0 Å². The second kappa shape index (κ2) is 6.16. The van der Waals surface area contributed by atoms with Crippen LogP contribution in [0.3, 0.4) is 0 Å². The van der Waals surface area contributed by atoms with Gasteiger partial charge in [0, 0.05) is 10.6 Å². The van der Waals surface area contributed by atoms with E-state index in [1.165, 1.54) is 0 Å². The number of rotatable bonds is 4. The number of halogens is 1. The lowest BCUT2D eigenvalue weighted by molar-refractivity contribution is -0.115. The first-order valence-electron chi connectivity index (χ1n) is 5.77. The molecule has 1 amide bonds. The normalized spacial score (nSPS) is 9.95. The Balaban J connectivity index is 2.11. The maximum atomic E-state index is 11.9. The fourth-order valence-electron chi connectivity index (χ4n) is 1.72. The molecule has 0 fully saturated rings. The van der Waals surface area contributed by atoms with Crippen molar-refractivity contribution in [2.24, 2.45) is 0 Å². The molecule has 2 aromatic rings. The highest BCUT2D eigenvalue weighted by molar-refractivity contribution is 6.31. The molecule has 0 unspecified atom stereocenters. The molecule has 4 heteroatoms. The van der Waals surface area contributed by atoms with E-state index in [-0.39, 0.29) is 12.3 Å². The second-order valence-electron chi connectivity index (χ2n) is 4.06. The molecule has 96 valence electrons. The minimum atomic E-state index is -0.184. The van der Waals surface area contributed by atoms with Crippen molar-refractivity contribution in [2.45, 2.75) is 6.42 Å². The fourth-order valence-corrected chi connectivity index (χ4v) is 1.89. The third kappa shape index (κ3) is 3.66. The van der Waals surface area contributed by atoms with E-state index in [1.807, 2.05) is 30.3 Å². The Labute approximate surface area is 116 Å². The van der Waals surface area contributed by atoms with Crippen molar-refractivity contribution in [1.82, 2.24) is 0 Å². The molecule has 0 spiro atoms. The van der Waals surface area contributed by atoms with Gasteiger partial charge in [0.2, 0.25) is 5.91 Å². The Morgan fingerprint density at radius 2 is 1.89 bits per heavy atom. The SMILES string of the molecule is O=Cc1ccc(Cl)cc1NC(=O)Cc1ccccc1. The van der Waals surface area contributed by atoms with E-state index in [1.54, 1.807) is 18.2 Å². The smallest absolute Gasteiger partial charge is 0.228 e. The Kier molecular flexibility index (Phi) is 4.31. The molecule has 2 rings (SSSR count). The van der Waals surface area contributed by atoms with Gasteiger partial charge in [-0.15, -0.1) is 0 Å². The van der Waals surface area contributed by atoms with Gasteiger partial charge in [0.25, 0.3) is 0 Å². The maximum absolute atomic E-state index is 11.9. The van der Waals surface area contributed by atoms with Crippen LogP contribution in [0.2, 0.25) is 5.02 Å². The van der Waals surface area contributed by atoms with Gasteiger partial charge in [0.15, 0.2) is 6.29 Å². The summed E-state index contributed by atoms with van der Waals surface area (Å²) in [7, 11) is 0. The van der Waals surface area contributed by atoms with Crippen molar-refractivity contribution in [2.75, 3.05) is 5.32 Å². The molecule has 1 N–H and O–H groups in total. The lowest BCUT2D eigenvalue weighted by Crippen LogP contribution is -2.15. The maximum Gasteiger partial charge on any atom is 0.228 e. The molecule has 0 aromatic heterocycles.